The van der Waals surface area contributed by atoms with Gasteiger partial charge in [0.05, 0.1) is 0 Å². The van der Waals surface area contributed by atoms with Crippen LogP contribution in [0.25, 0.3) is 0 Å². The summed E-state index contributed by atoms with van der Waals surface area (Å²) in [6.07, 6.45) is 4.44. The average molecular weight is 246 g/mol. The maximum atomic E-state index is 11.7. The lowest BCUT2D eigenvalue weighted by Gasteiger charge is -2.30. The molecule has 0 atom stereocenters. The van der Waals surface area contributed by atoms with Gasteiger partial charge in [0.1, 0.15) is 0 Å². The highest BCUT2D eigenvalue weighted by atomic mass is 16.5. The number of carbonyl (C=O) groups is 1. The quantitative estimate of drug-likeness (QED) is 0.755. The second-order valence-corrected chi connectivity index (χ2v) is 4.17. The van der Waals surface area contributed by atoms with Crippen LogP contribution < -0.4 is 5.73 Å². The molecule has 0 aromatic carbocycles. The number of carbonyl (C=O) groups excluding carboxylic acids is 1. The van der Waals surface area contributed by atoms with E-state index in [1.165, 1.54) is 0 Å². The zero-order valence-electron chi connectivity index (χ0n) is 11.6. The van der Waals surface area contributed by atoms with Crippen LogP contribution in [0, 0.1) is 0 Å². The Labute approximate surface area is 107 Å². The first kappa shape index (κ1) is 16.4. The van der Waals surface area contributed by atoms with Gasteiger partial charge in [-0.05, 0) is 25.7 Å². The van der Waals surface area contributed by atoms with E-state index in [0.29, 0.717) is 12.5 Å². The van der Waals surface area contributed by atoms with E-state index < -0.39 is 0 Å². The fourth-order valence-corrected chi connectivity index (χ4v) is 1.83. The SMILES string of the molecule is CC.COCCCCC(=O)N1CCC(N)CC1.[HH]. The predicted octanol–water partition coefficient (Wildman–Crippen LogP) is 2.02. The summed E-state index contributed by atoms with van der Waals surface area (Å²) in [4.78, 5) is 13.7. The van der Waals surface area contributed by atoms with Crippen molar-refractivity contribution >= 4 is 5.91 Å². The fourth-order valence-electron chi connectivity index (χ4n) is 1.83. The van der Waals surface area contributed by atoms with Gasteiger partial charge < -0.3 is 15.4 Å². The molecular weight excluding hydrogens is 216 g/mol. The summed E-state index contributed by atoms with van der Waals surface area (Å²) in [6.45, 7) is 6.42. The number of hydrogen-bond donors (Lipinski definition) is 1. The third kappa shape index (κ3) is 7.34. The third-order valence-electron chi connectivity index (χ3n) is 2.88. The average Bonchev–Trinajstić information content (AvgIpc) is 2.38. The maximum absolute atomic E-state index is 11.7. The molecule has 1 saturated heterocycles. The molecule has 1 heterocycles. The highest BCUT2D eigenvalue weighted by molar-refractivity contribution is 5.76. The fraction of sp³-hybridized carbons (Fsp3) is 0.923. The Hall–Kier alpha value is -0.610. The van der Waals surface area contributed by atoms with Crippen molar-refractivity contribution in [2.45, 2.75) is 52.0 Å². The molecule has 0 bridgehead atoms. The number of piperidine rings is 1. The summed E-state index contributed by atoms with van der Waals surface area (Å²) in [5.74, 6) is 0.276. The van der Waals surface area contributed by atoms with E-state index in [1.807, 2.05) is 18.7 Å². The minimum absolute atomic E-state index is 0. The van der Waals surface area contributed by atoms with Gasteiger partial charge in [-0.2, -0.15) is 0 Å². The minimum atomic E-state index is 0. The second kappa shape index (κ2) is 10.5. The summed E-state index contributed by atoms with van der Waals surface area (Å²) in [5, 5.41) is 0. The van der Waals surface area contributed by atoms with Crippen LogP contribution in [0.5, 0.6) is 0 Å². The van der Waals surface area contributed by atoms with E-state index in [1.54, 1.807) is 7.11 Å². The number of nitrogens with two attached hydrogens (primary N) is 1. The Morgan fingerprint density at radius 2 is 1.94 bits per heavy atom. The Morgan fingerprint density at radius 1 is 1.35 bits per heavy atom. The zero-order chi connectivity index (χ0) is 13.1. The van der Waals surface area contributed by atoms with Crippen LogP contribution in [-0.2, 0) is 9.53 Å². The van der Waals surface area contributed by atoms with Gasteiger partial charge >= 0.3 is 0 Å². The monoisotopic (exact) mass is 246 g/mol. The van der Waals surface area contributed by atoms with Crippen molar-refractivity contribution in [2.75, 3.05) is 26.8 Å². The highest BCUT2D eigenvalue weighted by Gasteiger charge is 2.19. The van der Waals surface area contributed by atoms with Crippen LogP contribution in [0.4, 0.5) is 0 Å². The number of amides is 1. The molecule has 0 aliphatic carbocycles. The number of likely N-dealkylation sites (tertiary alicyclic amines) is 1. The molecule has 0 aromatic rings. The van der Waals surface area contributed by atoms with Crippen LogP contribution >= 0.6 is 0 Å². The molecule has 1 rings (SSSR count). The molecule has 4 heteroatoms. The smallest absolute Gasteiger partial charge is 0.222 e. The number of ether oxygens (including phenoxy) is 1. The molecule has 1 fully saturated rings. The maximum Gasteiger partial charge on any atom is 0.222 e. The summed E-state index contributed by atoms with van der Waals surface area (Å²) in [6, 6.07) is 0.294. The van der Waals surface area contributed by atoms with Crippen molar-refractivity contribution in [1.82, 2.24) is 4.90 Å². The predicted molar refractivity (Wildman–Crippen MR) is 73.0 cm³/mol. The first-order chi connectivity index (χ1) is 8.24. The van der Waals surface area contributed by atoms with E-state index in [-0.39, 0.29) is 7.33 Å². The highest BCUT2D eigenvalue weighted by Crippen LogP contribution is 2.10. The largest absolute Gasteiger partial charge is 0.385 e. The lowest BCUT2D eigenvalue weighted by atomic mass is 10.1. The molecule has 0 aromatic heterocycles. The number of nitrogens with zero attached hydrogens (tertiary/aromatic N) is 1. The van der Waals surface area contributed by atoms with Gasteiger partial charge in [-0.3, -0.25) is 4.79 Å². The Balaban J connectivity index is 0. The minimum Gasteiger partial charge on any atom is -0.385 e. The van der Waals surface area contributed by atoms with Crippen molar-refractivity contribution in [2.24, 2.45) is 5.73 Å². The van der Waals surface area contributed by atoms with Gasteiger partial charge in [-0.25, -0.2) is 0 Å². The van der Waals surface area contributed by atoms with Crippen molar-refractivity contribution < 1.29 is 11.0 Å². The molecule has 0 saturated carbocycles. The van der Waals surface area contributed by atoms with Crippen molar-refractivity contribution in [3.63, 3.8) is 0 Å². The van der Waals surface area contributed by atoms with Crippen LogP contribution in [0.3, 0.4) is 0 Å². The number of unbranched alkanes of at least 4 members (excludes halogenated alkanes) is 1. The van der Waals surface area contributed by atoms with E-state index in [9.17, 15) is 4.79 Å². The van der Waals surface area contributed by atoms with E-state index in [2.05, 4.69) is 0 Å². The summed E-state index contributed by atoms with van der Waals surface area (Å²) in [7, 11) is 1.69. The van der Waals surface area contributed by atoms with E-state index in [0.717, 1.165) is 45.4 Å². The molecule has 2 N–H and O–H groups in total. The Kier molecular flexibility index (Phi) is 10.2. The summed E-state index contributed by atoms with van der Waals surface area (Å²) < 4.78 is 4.94. The molecule has 1 amide bonds. The third-order valence-corrected chi connectivity index (χ3v) is 2.88. The Morgan fingerprint density at radius 3 is 2.47 bits per heavy atom. The number of rotatable bonds is 5. The molecule has 4 nitrogen and oxygen atoms in total. The zero-order valence-corrected chi connectivity index (χ0v) is 11.6. The summed E-state index contributed by atoms with van der Waals surface area (Å²) >= 11 is 0. The lowest BCUT2D eigenvalue weighted by Crippen LogP contribution is -2.42. The first-order valence-corrected chi connectivity index (χ1v) is 6.76. The van der Waals surface area contributed by atoms with Crippen LogP contribution in [0.1, 0.15) is 47.4 Å². The van der Waals surface area contributed by atoms with Crippen LogP contribution in [0.2, 0.25) is 0 Å². The second-order valence-electron chi connectivity index (χ2n) is 4.17. The molecule has 0 unspecified atom stereocenters. The molecule has 17 heavy (non-hydrogen) atoms. The Bertz CT molecular complexity index is 195. The molecule has 1 aliphatic rings. The number of hydrogen-bond acceptors (Lipinski definition) is 3. The standard InChI is InChI=1S/C11H22N2O2.C2H6.H2/c1-15-9-3-2-4-11(14)13-7-5-10(12)6-8-13;1-2;/h10H,2-9,12H2,1H3;1-2H3;1H. The van der Waals surface area contributed by atoms with Crippen LogP contribution in [0.15, 0.2) is 0 Å². The van der Waals surface area contributed by atoms with E-state index in [4.69, 9.17) is 10.5 Å². The molecule has 1 aliphatic heterocycles. The molecule has 0 spiro atoms. The van der Waals surface area contributed by atoms with Gasteiger partial charge in [0.25, 0.3) is 0 Å². The van der Waals surface area contributed by atoms with Crippen molar-refractivity contribution in [3.8, 4) is 0 Å². The summed E-state index contributed by atoms with van der Waals surface area (Å²) in [5.41, 5.74) is 5.78. The normalized spacial score (nSPS) is 16.4. The van der Waals surface area contributed by atoms with Crippen molar-refractivity contribution in [1.29, 1.82) is 0 Å². The van der Waals surface area contributed by atoms with Gasteiger partial charge in [0.2, 0.25) is 5.91 Å². The molecule has 104 valence electrons. The van der Waals surface area contributed by atoms with Crippen LogP contribution in [-0.4, -0.2) is 43.7 Å². The van der Waals surface area contributed by atoms with Gasteiger partial charge in [-0.1, -0.05) is 13.8 Å². The topological polar surface area (TPSA) is 55.6 Å². The lowest BCUT2D eigenvalue weighted by molar-refractivity contribution is -0.132. The first-order valence-electron chi connectivity index (χ1n) is 6.76. The van der Waals surface area contributed by atoms with Crippen molar-refractivity contribution in [3.05, 3.63) is 0 Å². The molecule has 0 radical (unpaired) electrons. The number of methoxy groups -OCH3 is 1. The van der Waals surface area contributed by atoms with E-state index >= 15 is 0 Å². The van der Waals surface area contributed by atoms with Gasteiger partial charge in [0, 0.05) is 40.7 Å². The van der Waals surface area contributed by atoms with Gasteiger partial charge in [-0.15, -0.1) is 0 Å². The van der Waals surface area contributed by atoms with Gasteiger partial charge in [0.15, 0.2) is 0 Å². The molecular formula is C13H30N2O2.